The fraction of sp³-hybridized carbons (Fsp3) is 0.538. The summed E-state index contributed by atoms with van der Waals surface area (Å²) < 4.78 is 5.05. The SMILES string of the molecule is Cc1occc1C(=O)NCC(=O)NC1CCSCC1. The lowest BCUT2D eigenvalue weighted by Crippen LogP contribution is -2.43. The summed E-state index contributed by atoms with van der Waals surface area (Å²) in [4.78, 5) is 23.5. The predicted octanol–water partition coefficient (Wildman–Crippen LogP) is 1.33. The average molecular weight is 282 g/mol. The fourth-order valence-electron chi connectivity index (χ4n) is 2.00. The van der Waals surface area contributed by atoms with E-state index in [0.717, 1.165) is 24.3 Å². The van der Waals surface area contributed by atoms with E-state index in [0.29, 0.717) is 11.3 Å². The molecule has 2 rings (SSSR count). The van der Waals surface area contributed by atoms with E-state index in [4.69, 9.17) is 4.42 Å². The number of furan rings is 1. The van der Waals surface area contributed by atoms with Gasteiger partial charge in [-0.15, -0.1) is 0 Å². The van der Waals surface area contributed by atoms with Crippen LogP contribution in [0, 0.1) is 6.92 Å². The summed E-state index contributed by atoms with van der Waals surface area (Å²) in [6.07, 6.45) is 3.47. The van der Waals surface area contributed by atoms with Crippen molar-refractivity contribution in [3.05, 3.63) is 23.7 Å². The summed E-state index contributed by atoms with van der Waals surface area (Å²) >= 11 is 1.91. The minimum absolute atomic E-state index is 0.00704. The van der Waals surface area contributed by atoms with Crippen LogP contribution in [0.1, 0.15) is 29.0 Å². The molecule has 0 aliphatic carbocycles. The van der Waals surface area contributed by atoms with Gasteiger partial charge in [0.25, 0.3) is 5.91 Å². The Morgan fingerprint density at radius 1 is 1.42 bits per heavy atom. The standard InChI is InChI=1S/C13H18N2O3S/c1-9-11(2-5-18-9)13(17)14-8-12(16)15-10-3-6-19-7-4-10/h2,5,10H,3-4,6-8H2,1H3,(H,14,17)(H,15,16). The number of aryl methyl sites for hydroxylation is 1. The summed E-state index contributed by atoms with van der Waals surface area (Å²) in [6, 6.07) is 1.85. The van der Waals surface area contributed by atoms with Crippen molar-refractivity contribution in [2.45, 2.75) is 25.8 Å². The monoisotopic (exact) mass is 282 g/mol. The molecule has 19 heavy (non-hydrogen) atoms. The van der Waals surface area contributed by atoms with Gasteiger partial charge < -0.3 is 15.1 Å². The van der Waals surface area contributed by atoms with Crippen LogP contribution in [0.4, 0.5) is 0 Å². The zero-order chi connectivity index (χ0) is 13.7. The van der Waals surface area contributed by atoms with Gasteiger partial charge in [0.2, 0.25) is 5.91 Å². The molecule has 0 spiro atoms. The normalized spacial score (nSPS) is 16.1. The zero-order valence-electron chi connectivity index (χ0n) is 10.9. The number of carbonyl (C=O) groups excluding carboxylic acids is 2. The first-order chi connectivity index (χ1) is 9.16. The Labute approximate surface area is 116 Å². The van der Waals surface area contributed by atoms with E-state index >= 15 is 0 Å². The number of rotatable bonds is 4. The maximum Gasteiger partial charge on any atom is 0.255 e. The maximum absolute atomic E-state index is 11.8. The van der Waals surface area contributed by atoms with Gasteiger partial charge in [0.15, 0.2) is 0 Å². The van der Waals surface area contributed by atoms with Gasteiger partial charge >= 0.3 is 0 Å². The van der Waals surface area contributed by atoms with Gasteiger partial charge in [-0.25, -0.2) is 0 Å². The van der Waals surface area contributed by atoms with Crippen LogP contribution in [0.3, 0.4) is 0 Å². The Balaban J connectivity index is 1.74. The number of hydrogen-bond acceptors (Lipinski definition) is 4. The van der Waals surface area contributed by atoms with Crippen LogP contribution in [-0.4, -0.2) is 35.9 Å². The van der Waals surface area contributed by atoms with Gasteiger partial charge in [-0.2, -0.15) is 11.8 Å². The highest BCUT2D eigenvalue weighted by atomic mass is 32.2. The Hall–Kier alpha value is -1.43. The highest BCUT2D eigenvalue weighted by Gasteiger charge is 2.17. The van der Waals surface area contributed by atoms with Crippen LogP contribution >= 0.6 is 11.8 Å². The van der Waals surface area contributed by atoms with Gasteiger partial charge in [0.1, 0.15) is 5.76 Å². The highest BCUT2D eigenvalue weighted by molar-refractivity contribution is 7.99. The Bertz CT molecular complexity index is 452. The molecule has 5 nitrogen and oxygen atoms in total. The first-order valence-electron chi connectivity index (χ1n) is 6.36. The molecule has 6 heteroatoms. The number of nitrogens with one attached hydrogen (secondary N) is 2. The molecule has 1 aliphatic rings. The first kappa shape index (κ1) is 14.0. The molecule has 0 saturated carbocycles. The van der Waals surface area contributed by atoms with Crippen LogP contribution in [0.2, 0.25) is 0 Å². The summed E-state index contributed by atoms with van der Waals surface area (Å²) in [5.41, 5.74) is 0.474. The summed E-state index contributed by atoms with van der Waals surface area (Å²) in [7, 11) is 0. The van der Waals surface area contributed by atoms with E-state index in [-0.39, 0.29) is 24.4 Å². The number of amides is 2. The average Bonchev–Trinajstić information content (AvgIpc) is 2.83. The molecule has 0 unspecified atom stereocenters. The summed E-state index contributed by atoms with van der Waals surface area (Å²) in [6.45, 7) is 1.72. The number of hydrogen-bond donors (Lipinski definition) is 2. The van der Waals surface area contributed by atoms with Crippen LogP contribution < -0.4 is 10.6 Å². The van der Waals surface area contributed by atoms with Crippen molar-refractivity contribution >= 4 is 23.6 Å². The van der Waals surface area contributed by atoms with Crippen molar-refractivity contribution in [1.82, 2.24) is 10.6 Å². The quantitative estimate of drug-likeness (QED) is 0.874. The second kappa shape index (κ2) is 6.65. The second-order valence-corrected chi connectivity index (χ2v) is 5.75. The molecule has 2 heterocycles. The molecule has 2 amide bonds. The smallest absolute Gasteiger partial charge is 0.255 e. The minimum atomic E-state index is -0.277. The summed E-state index contributed by atoms with van der Waals surface area (Å²) in [5.74, 6) is 2.33. The Morgan fingerprint density at radius 2 is 2.16 bits per heavy atom. The molecule has 0 aromatic carbocycles. The third kappa shape index (κ3) is 4.02. The number of carbonyl (C=O) groups is 2. The van der Waals surface area contributed by atoms with E-state index < -0.39 is 0 Å². The molecule has 1 aliphatic heterocycles. The van der Waals surface area contributed by atoms with Gasteiger partial charge in [0.05, 0.1) is 18.4 Å². The van der Waals surface area contributed by atoms with Crippen LogP contribution in [0.5, 0.6) is 0 Å². The van der Waals surface area contributed by atoms with Crippen LogP contribution in [0.25, 0.3) is 0 Å². The van der Waals surface area contributed by atoms with Crippen molar-refractivity contribution in [3.8, 4) is 0 Å². The lowest BCUT2D eigenvalue weighted by atomic mass is 10.1. The van der Waals surface area contributed by atoms with Crippen molar-refractivity contribution in [1.29, 1.82) is 0 Å². The molecule has 0 atom stereocenters. The molecule has 1 aromatic rings. The van der Waals surface area contributed by atoms with E-state index in [1.54, 1.807) is 13.0 Å². The van der Waals surface area contributed by atoms with Gasteiger partial charge in [-0.1, -0.05) is 0 Å². The van der Waals surface area contributed by atoms with Gasteiger partial charge in [0, 0.05) is 6.04 Å². The third-order valence-corrected chi connectivity index (χ3v) is 4.15. The van der Waals surface area contributed by atoms with Gasteiger partial charge in [-0.3, -0.25) is 9.59 Å². The van der Waals surface area contributed by atoms with Crippen LogP contribution in [0.15, 0.2) is 16.7 Å². The molecule has 1 fully saturated rings. The molecule has 1 saturated heterocycles. The fourth-order valence-corrected chi connectivity index (χ4v) is 3.10. The van der Waals surface area contributed by atoms with Crippen molar-refractivity contribution in [2.75, 3.05) is 18.1 Å². The minimum Gasteiger partial charge on any atom is -0.469 e. The number of thioether (sulfide) groups is 1. The molecule has 0 bridgehead atoms. The first-order valence-corrected chi connectivity index (χ1v) is 7.51. The Morgan fingerprint density at radius 3 is 2.79 bits per heavy atom. The Kier molecular flexibility index (Phi) is 4.90. The molecule has 2 N–H and O–H groups in total. The van der Waals surface area contributed by atoms with Crippen molar-refractivity contribution in [2.24, 2.45) is 0 Å². The largest absolute Gasteiger partial charge is 0.469 e. The zero-order valence-corrected chi connectivity index (χ0v) is 11.7. The lowest BCUT2D eigenvalue weighted by molar-refractivity contribution is -0.120. The summed E-state index contributed by atoms with van der Waals surface area (Å²) in [5, 5.41) is 5.54. The topological polar surface area (TPSA) is 71.3 Å². The second-order valence-electron chi connectivity index (χ2n) is 4.53. The van der Waals surface area contributed by atoms with Gasteiger partial charge in [-0.05, 0) is 37.3 Å². The van der Waals surface area contributed by atoms with E-state index in [1.165, 1.54) is 6.26 Å². The van der Waals surface area contributed by atoms with Crippen molar-refractivity contribution < 1.29 is 14.0 Å². The molecular weight excluding hydrogens is 264 g/mol. The molecular formula is C13H18N2O3S. The lowest BCUT2D eigenvalue weighted by Gasteiger charge is -2.22. The molecule has 104 valence electrons. The van der Waals surface area contributed by atoms with E-state index in [1.807, 2.05) is 11.8 Å². The highest BCUT2D eigenvalue weighted by Crippen LogP contribution is 2.16. The predicted molar refractivity (Wildman–Crippen MR) is 74.3 cm³/mol. The maximum atomic E-state index is 11.8. The molecule has 1 aromatic heterocycles. The van der Waals surface area contributed by atoms with E-state index in [9.17, 15) is 9.59 Å². The van der Waals surface area contributed by atoms with Crippen molar-refractivity contribution in [3.63, 3.8) is 0 Å². The third-order valence-electron chi connectivity index (χ3n) is 3.10. The molecule has 0 radical (unpaired) electrons. The van der Waals surface area contributed by atoms with E-state index in [2.05, 4.69) is 10.6 Å². The van der Waals surface area contributed by atoms with Crippen LogP contribution in [-0.2, 0) is 4.79 Å².